The number of nitrogens with zero attached hydrogens (tertiary/aromatic N) is 1. The van der Waals surface area contributed by atoms with Crippen LogP contribution in [0.5, 0.6) is 5.75 Å². The maximum atomic E-state index is 11.6. The molecule has 5 nitrogen and oxygen atoms in total. The zero-order chi connectivity index (χ0) is 17.8. The summed E-state index contributed by atoms with van der Waals surface area (Å²) in [5.41, 5.74) is 1.36. The average Bonchev–Trinajstić information content (AvgIpc) is 2.94. The summed E-state index contributed by atoms with van der Waals surface area (Å²) >= 11 is 4.21. The Labute approximate surface area is 150 Å². The van der Waals surface area contributed by atoms with Crippen LogP contribution in [0.4, 0.5) is 5.69 Å². The van der Waals surface area contributed by atoms with E-state index in [4.69, 9.17) is 4.74 Å². The number of rotatable bonds is 5. The summed E-state index contributed by atoms with van der Waals surface area (Å²) in [6.45, 7) is 0. The number of hydrogen-bond acceptors (Lipinski definition) is 5. The Balaban J connectivity index is 1.62. The van der Waals surface area contributed by atoms with Gasteiger partial charge in [-0.25, -0.2) is 4.90 Å². The van der Waals surface area contributed by atoms with Crippen molar-refractivity contribution in [2.45, 2.75) is 11.2 Å². The zero-order valence-electron chi connectivity index (χ0n) is 13.1. The number of thiol groups is 1. The fourth-order valence-electron chi connectivity index (χ4n) is 2.29. The molecule has 6 heteroatoms. The van der Waals surface area contributed by atoms with Gasteiger partial charge in [0.2, 0.25) is 6.29 Å². The zero-order valence-corrected chi connectivity index (χ0v) is 14.0. The van der Waals surface area contributed by atoms with Crippen LogP contribution in [-0.4, -0.2) is 23.2 Å². The molecule has 0 radical (unpaired) electrons. The number of carbonyl (C=O) groups is 2. The van der Waals surface area contributed by atoms with Gasteiger partial charge in [-0.1, -0.05) is 18.2 Å². The molecule has 1 atom stereocenters. The molecule has 1 N–H and O–H groups in total. The molecule has 126 valence electrons. The molecule has 0 fully saturated rings. The van der Waals surface area contributed by atoms with Gasteiger partial charge in [0, 0.05) is 17.0 Å². The lowest BCUT2D eigenvalue weighted by molar-refractivity contribution is -0.119. The first-order valence-electron chi connectivity index (χ1n) is 7.51. The van der Waals surface area contributed by atoms with E-state index in [0.717, 1.165) is 15.4 Å². The number of imide groups is 1. The number of carbonyl (C=O) groups excluding carboxylic acids is 2. The molecule has 0 saturated carbocycles. The second-order valence-corrected chi connectivity index (χ2v) is 5.81. The third kappa shape index (κ3) is 4.17. The van der Waals surface area contributed by atoms with Crippen LogP contribution < -0.4 is 9.64 Å². The molecular weight excluding hydrogens is 338 g/mol. The standard InChI is InChI=1S/C19H15NO4S/c21-17-10-11-18(22)20(17)14-4-6-15(7-5-14)24-19(23)12-3-13-1-8-16(25)9-2-13/h1-12,19,23,25H/b12-3+. The van der Waals surface area contributed by atoms with Crippen LogP contribution in [-0.2, 0) is 9.59 Å². The summed E-state index contributed by atoms with van der Waals surface area (Å²) in [4.78, 5) is 25.2. The number of aliphatic hydroxyl groups excluding tert-OH is 1. The van der Waals surface area contributed by atoms with E-state index >= 15 is 0 Å². The van der Waals surface area contributed by atoms with Gasteiger partial charge in [0.1, 0.15) is 5.75 Å². The van der Waals surface area contributed by atoms with Crippen LogP contribution in [0.15, 0.2) is 71.7 Å². The fraction of sp³-hybridized carbons (Fsp3) is 0.0526. The number of ether oxygens (including phenoxy) is 1. The minimum absolute atomic E-state index is 0.381. The van der Waals surface area contributed by atoms with Crippen LogP contribution in [0, 0.1) is 0 Å². The van der Waals surface area contributed by atoms with Crippen molar-refractivity contribution in [1.29, 1.82) is 0 Å². The number of anilines is 1. The van der Waals surface area contributed by atoms with Gasteiger partial charge < -0.3 is 9.84 Å². The van der Waals surface area contributed by atoms with Crippen molar-refractivity contribution in [3.05, 3.63) is 72.3 Å². The lowest BCUT2D eigenvalue weighted by atomic mass is 10.2. The van der Waals surface area contributed by atoms with E-state index < -0.39 is 6.29 Å². The van der Waals surface area contributed by atoms with Crippen LogP contribution in [0.25, 0.3) is 6.08 Å². The van der Waals surface area contributed by atoms with E-state index in [2.05, 4.69) is 12.6 Å². The monoisotopic (exact) mass is 353 g/mol. The number of benzene rings is 2. The van der Waals surface area contributed by atoms with E-state index in [-0.39, 0.29) is 11.8 Å². The molecule has 1 heterocycles. The van der Waals surface area contributed by atoms with Gasteiger partial charge in [-0.15, -0.1) is 12.6 Å². The van der Waals surface area contributed by atoms with Crippen LogP contribution >= 0.6 is 12.6 Å². The Morgan fingerprint density at radius 1 is 0.960 bits per heavy atom. The highest BCUT2D eigenvalue weighted by Gasteiger charge is 2.24. The van der Waals surface area contributed by atoms with Crippen LogP contribution in [0.2, 0.25) is 0 Å². The van der Waals surface area contributed by atoms with Gasteiger partial charge >= 0.3 is 0 Å². The Kier molecular flexibility index (Phi) is 5.02. The Morgan fingerprint density at radius 2 is 1.56 bits per heavy atom. The summed E-state index contributed by atoms with van der Waals surface area (Å²) in [5, 5.41) is 9.93. The predicted molar refractivity (Wildman–Crippen MR) is 97.4 cm³/mol. The number of aliphatic hydroxyl groups is 1. The summed E-state index contributed by atoms with van der Waals surface area (Å²) in [7, 11) is 0. The van der Waals surface area contributed by atoms with Gasteiger partial charge in [0.15, 0.2) is 0 Å². The van der Waals surface area contributed by atoms with Gasteiger partial charge in [-0.3, -0.25) is 9.59 Å². The van der Waals surface area contributed by atoms with Gasteiger partial charge in [-0.2, -0.15) is 0 Å². The van der Waals surface area contributed by atoms with Crippen molar-refractivity contribution in [2.24, 2.45) is 0 Å². The molecule has 2 aromatic rings. The molecule has 0 saturated heterocycles. The first kappa shape index (κ1) is 17.0. The molecule has 1 aliphatic rings. The van der Waals surface area contributed by atoms with E-state index in [1.54, 1.807) is 30.3 Å². The third-order valence-electron chi connectivity index (χ3n) is 3.51. The molecule has 0 spiro atoms. The van der Waals surface area contributed by atoms with Crippen molar-refractivity contribution < 1.29 is 19.4 Å². The van der Waals surface area contributed by atoms with E-state index in [1.165, 1.54) is 18.2 Å². The van der Waals surface area contributed by atoms with Crippen LogP contribution in [0.3, 0.4) is 0 Å². The summed E-state index contributed by atoms with van der Waals surface area (Å²) in [5.74, 6) is -0.346. The molecule has 1 aliphatic heterocycles. The molecule has 2 aromatic carbocycles. The number of hydrogen-bond donors (Lipinski definition) is 2. The maximum Gasteiger partial charge on any atom is 0.258 e. The Hall–Kier alpha value is -2.83. The fourth-order valence-corrected chi connectivity index (χ4v) is 2.44. The lowest BCUT2D eigenvalue weighted by Gasteiger charge is -2.15. The molecular formula is C19H15NO4S. The largest absolute Gasteiger partial charge is 0.461 e. The van der Waals surface area contributed by atoms with Crippen molar-refractivity contribution in [3.8, 4) is 5.75 Å². The molecule has 1 unspecified atom stereocenters. The SMILES string of the molecule is O=C1C=CC(=O)N1c1ccc(OC(O)/C=C/c2ccc(S)cc2)cc1. The molecule has 0 aliphatic carbocycles. The molecule has 3 rings (SSSR count). The minimum Gasteiger partial charge on any atom is -0.461 e. The first-order valence-corrected chi connectivity index (χ1v) is 7.96. The quantitative estimate of drug-likeness (QED) is 0.493. The van der Waals surface area contributed by atoms with Gasteiger partial charge in [-0.05, 0) is 48.0 Å². The molecule has 25 heavy (non-hydrogen) atoms. The van der Waals surface area contributed by atoms with E-state index in [1.807, 2.05) is 24.3 Å². The van der Waals surface area contributed by atoms with Crippen molar-refractivity contribution >= 4 is 36.2 Å². The smallest absolute Gasteiger partial charge is 0.258 e. The third-order valence-corrected chi connectivity index (χ3v) is 3.81. The molecule has 0 aromatic heterocycles. The Bertz CT molecular complexity index is 823. The Morgan fingerprint density at radius 3 is 2.16 bits per heavy atom. The van der Waals surface area contributed by atoms with Crippen molar-refractivity contribution in [3.63, 3.8) is 0 Å². The second kappa shape index (κ2) is 7.38. The lowest BCUT2D eigenvalue weighted by Crippen LogP contribution is -2.29. The molecule has 0 bridgehead atoms. The van der Waals surface area contributed by atoms with Crippen LogP contribution in [0.1, 0.15) is 5.56 Å². The van der Waals surface area contributed by atoms with Crippen molar-refractivity contribution in [2.75, 3.05) is 4.90 Å². The summed E-state index contributed by atoms with van der Waals surface area (Å²) in [6, 6.07) is 13.8. The molecule has 2 amide bonds. The van der Waals surface area contributed by atoms with Crippen molar-refractivity contribution in [1.82, 2.24) is 0 Å². The highest BCUT2D eigenvalue weighted by Crippen LogP contribution is 2.23. The van der Waals surface area contributed by atoms with E-state index in [0.29, 0.717) is 11.4 Å². The van der Waals surface area contributed by atoms with Gasteiger partial charge in [0.25, 0.3) is 11.8 Å². The highest BCUT2D eigenvalue weighted by molar-refractivity contribution is 7.80. The maximum absolute atomic E-state index is 11.6. The minimum atomic E-state index is -1.13. The topological polar surface area (TPSA) is 66.8 Å². The van der Waals surface area contributed by atoms with E-state index in [9.17, 15) is 14.7 Å². The first-order chi connectivity index (χ1) is 12.0. The highest BCUT2D eigenvalue weighted by atomic mass is 32.1. The average molecular weight is 353 g/mol. The normalized spacial score (nSPS) is 15.2. The predicted octanol–water partition coefficient (Wildman–Crippen LogP) is 2.82. The number of amides is 2. The van der Waals surface area contributed by atoms with Gasteiger partial charge in [0.05, 0.1) is 5.69 Å². The second-order valence-electron chi connectivity index (χ2n) is 5.30. The summed E-state index contributed by atoms with van der Waals surface area (Å²) < 4.78 is 5.38. The summed E-state index contributed by atoms with van der Waals surface area (Å²) in [6.07, 6.45) is 4.57.